The summed E-state index contributed by atoms with van der Waals surface area (Å²) in [6, 6.07) is 10.1. The van der Waals surface area contributed by atoms with Crippen molar-refractivity contribution >= 4 is 0 Å². The number of rotatable bonds is 1. The molecule has 0 bridgehead atoms. The Morgan fingerprint density at radius 1 is 1.10 bits per heavy atom. The third-order valence-electron chi connectivity index (χ3n) is 1.47. The van der Waals surface area contributed by atoms with Crippen molar-refractivity contribution < 1.29 is 0 Å². The van der Waals surface area contributed by atoms with Gasteiger partial charge in [-0.05, 0) is 12.1 Å². The highest BCUT2D eigenvalue weighted by atomic mass is 15.3. The molecule has 0 saturated heterocycles. The second-order valence-electron chi connectivity index (χ2n) is 2.15. The van der Waals surface area contributed by atoms with E-state index in [1.165, 1.54) is 5.69 Å². The molecule has 50 valence electrons. The lowest BCUT2D eigenvalue weighted by Gasteiger charge is -2.07. The first kappa shape index (κ1) is 5.35. The van der Waals surface area contributed by atoms with Crippen molar-refractivity contribution in [3.63, 3.8) is 0 Å². The lowest BCUT2D eigenvalue weighted by molar-refractivity contribution is 0.786. The average molecular weight is 132 g/mol. The summed E-state index contributed by atoms with van der Waals surface area (Å²) in [7, 11) is 0. The predicted octanol–water partition coefficient (Wildman–Crippen LogP) is 1.81. The van der Waals surface area contributed by atoms with Gasteiger partial charge < -0.3 is 5.10 Å². The third kappa shape index (κ3) is 0.739. The van der Waals surface area contributed by atoms with E-state index in [0.717, 1.165) is 0 Å². The fraction of sp³-hybridized carbons (Fsp3) is 0. The first-order valence-corrected chi connectivity index (χ1v) is 3.24. The highest BCUT2D eigenvalue weighted by Crippen LogP contribution is 2.03. The van der Waals surface area contributed by atoms with Crippen molar-refractivity contribution in [3.05, 3.63) is 42.7 Å². The van der Waals surface area contributed by atoms with E-state index in [9.17, 15) is 0 Å². The van der Waals surface area contributed by atoms with Gasteiger partial charge in [-0.2, -0.15) is 0 Å². The Balaban J connectivity index is 2.42. The third-order valence-corrected chi connectivity index (χ3v) is 1.47. The SMILES string of the molecule is c1ccc(-n2cc[nH]2)cc1. The summed E-state index contributed by atoms with van der Waals surface area (Å²) in [6.07, 6.45) is 3.88. The average Bonchev–Trinajstić information content (AvgIpc) is 1.86. The summed E-state index contributed by atoms with van der Waals surface area (Å²) in [4.78, 5) is 0. The molecule has 2 rings (SSSR count). The van der Waals surface area contributed by atoms with Crippen LogP contribution in [-0.4, -0.2) is 9.78 Å². The Morgan fingerprint density at radius 3 is 2.30 bits per heavy atom. The summed E-state index contributed by atoms with van der Waals surface area (Å²) < 4.78 is 1.96. The summed E-state index contributed by atoms with van der Waals surface area (Å²) in [5, 5.41) is 3.01. The van der Waals surface area contributed by atoms with Gasteiger partial charge in [-0.15, -0.1) is 0 Å². The van der Waals surface area contributed by atoms with Crippen LogP contribution >= 0.6 is 0 Å². The van der Waals surface area contributed by atoms with E-state index in [1.807, 2.05) is 35.3 Å². The predicted molar refractivity (Wildman–Crippen MR) is 40.1 cm³/mol. The molecule has 0 aliphatic carbocycles. The lowest BCUT2D eigenvalue weighted by atomic mass is 10.3. The van der Waals surface area contributed by atoms with Gasteiger partial charge in [0.2, 0.25) is 0 Å². The monoisotopic (exact) mass is 132 g/mol. The van der Waals surface area contributed by atoms with Gasteiger partial charge in [-0.25, -0.2) is 0 Å². The Labute approximate surface area is 59.1 Å². The molecular formula is C8H8N2. The molecule has 0 amide bonds. The first-order valence-electron chi connectivity index (χ1n) is 3.24. The molecule has 0 fully saturated rings. The molecule has 2 aromatic rings. The molecule has 0 aliphatic rings. The molecule has 1 N–H and O–H groups in total. The maximum atomic E-state index is 3.01. The van der Waals surface area contributed by atoms with E-state index in [-0.39, 0.29) is 0 Å². The molecule has 2 nitrogen and oxygen atoms in total. The van der Waals surface area contributed by atoms with Crippen LogP contribution in [0.2, 0.25) is 0 Å². The number of hydrogen-bond donors (Lipinski definition) is 1. The first-order chi connectivity index (χ1) is 4.97. The topological polar surface area (TPSA) is 20.7 Å². The second-order valence-corrected chi connectivity index (χ2v) is 2.15. The van der Waals surface area contributed by atoms with Crippen LogP contribution in [0.4, 0.5) is 0 Å². The van der Waals surface area contributed by atoms with Crippen LogP contribution in [0, 0.1) is 0 Å². The number of para-hydroxylation sites is 1. The van der Waals surface area contributed by atoms with E-state index in [2.05, 4.69) is 17.2 Å². The van der Waals surface area contributed by atoms with Crippen molar-refractivity contribution in [1.82, 2.24) is 9.78 Å². The summed E-state index contributed by atoms with van der Waals surface area (Å²) >= 11 is 0. The van der Waals surface area contributed by atoms with Gasteiger partial charge in [0.05, 0.1) is 5.69 Å². The van der Waals surface area contributed by atoms with Crippen LogP contribution in [-0.2, 0) is 0 Å². The number of nitrogens with one attached hydrogen (secondary N) is 1. The van der Waals surface area contributed by atoms with Crippen LogP contribution in [0.15, 0.2) is 42.7 Å². The molecule has 0 radical (unpaired) electrons. The minimum atomic E-state index is 1.17. The molecule has 10 heavy (non-hydrogen) atoms. The van der Waals surface area contributed by atoms with Gasteiger partial charge in [0.15, 0.2) is 0 Å². The number of aromatic amines is 1. The Morgan fingerprint density at radius 2 is 1.80 bits per heavy atom. The van der Waals surface area contributed by atoms with Gasteiger partial charge in [-0.1, -0.05) is 18.2 Å². The highest BCUT2D eigenvalue weighted by Gasteiger charge is 1.90. The Kier molecular flexibility index (Phi) is 1.10. The van der Waals surface area contributed by atoms with E-state index in [4.69, 9.17) is 0 Å². The van der Waals surface area contributed by atoms with Crippen molar-refractivity contribution in [2.24, 2.45) is 0 Å². The molecule has 0 unspecified atom stereocenters. The zero-order valence-corrected chi connectivity index (χ0v) is 5.49. The van der Waals surface area contributed by atoms with Crippen molar-refractivity contribution in [3.8, 4) is 5.69 Å². The van der Waals surface area contributed by atoms with Crippen LogP contribution in [0.3, 0.4) is 0 Å². The molecule has 0 saturated carbocycles. The fourth-order valence-electron chi connectivity index (χ4n) is 0.898. The van der Waals surface area contributed by atoms with E-state index in [0.29, 0.717) is 0 Å². The zero-order chi connectivity index (χ0) is 6.81. The molecule has 1 heterocycles. The Bertz CT molecular complexity index is 283. The quantitative estimate of drug-likeness (QED) is 0.610. The minimum Gasteiger partial charge on any atom is -0.300 e. The van der Waals surface area contributed by atoms with Crippen LogP contribution in [0.5, 0.6) is 0 Å². The van der Waals surface area contributed by atoms with Gasteiger partial charge >= 0.3 is 0 Å². The molecule has 0 aliphatic heterocycles. The Hall–Kier alpha value is -1.44. The number of benzene rings is 1. The summed E-state index contributed by atoms with van der Waals surface area (Å²) in [5.74, 6) is 0. The maximum Gasteiger partial charge on any atom is 0.0623 e. The largest absolute Gasteiger partial charge is 0.300 e. The number of H-pyrrole nitrogens is 1. The molecule has 0 spiro atoms. The van der Waals surface area contributed by atoms with E-state index in [1.54, 1.807) is 0 Å². The van der Waals surface area contributed by atoms with E-state index < -0.39 is 0 Å². The van der Waals surface area contributed by atoms with Gasteiger partial charge in [0.1, 0.15) is 0 Å². The molecule has 1 aromatic heterocycles. The molecule has 0 atom stereocenters. The number of aromatic nitrogens is 2. The maximum absolute atomic E-state index is 3.01. The van der Waals surface area contributed by atoms with Crippen LogP contribution < -0.4 is 0 Å². The minimum absolute atomic E-state index is 1.17. The zero-order valence-electron chi connectivity index (χ0n) is 5.49. The van der Waals surface area contributed by atoms with Gasteiger partial charge in [0.25, 0.3) is 0 Å². The van der Waals surface area contributed by atoms with Crippen LogP contribution in [0.1, 0.15) is 0 Å². The summed E-state index contributed by atoms with van der Waals surface area (Å²) in [5.41, 5.74) is 1.17. The van der Waals surface area contributed by atoms with Gasteiger partial charge in [-0.3, -0.25) is 4.68 Å². The normalized spacial score (nSPS) is 10.0. The van der Waals surface area contributed by atoms with Crippen molar-refractivity contribution in [2.75, 3.05) is 0 Å². The van der Waals surface area contributed by atoms with Gasteiger partial charge in [0, 0.05) is 12.4 Å². The molecule has 2 heteroatoms. The van der Waals surface area contributed by atoms with Crippen molar-refractivity contribution in [1.29, 1.82) is 0 Å². The number of hydrogen-bond acceptors (Lipinski definition) is 0. The molecular weight excluding hydrogens is 124 g/mol. The smallest absolute Gasteiger partial charge is 0.0623 e. The standard InChI is InChI=1S/C8H8N2/c1-2-4-8(5-3-1)10-7-6-9-10/h1-7,9H. The lowest BCUT2D eigenvalue weighted by Crippen LogP contribution is -2.01. The number of nitrogens with zero attached hydrogens (tertiary/aromatic N) is 1. The summed E-state index contributed by atoms with van der Waals surface area (Å²) in [6.45, 7) is 0. The molecule has 1 aromatic carbocycles. The fourth-order valence-corrected chi connectivity index (χ4v) is 0.898. The van der Waals surface area contributed by atoms with E-state index >= 15 is 0 Å². The van der Waals surface area contributed by atoms with Crippen LogP contribution in [0.25, 0.3) is 5.69 Å². The second kappa shape index (κ2) is 2.06. The van der Waals surface area contributed by atoms with Crippen molar-refractivity contribution in [2.45, 2.75) is 0 Å². The highest BCUT2D eigenvalue weighted by molar-refractivity contribution is 5.29.